The fourth-order valence-corrected chi connectivity index (χ4v) is 2.50. The van der Waals surface area contributed by atoms with Gasteiger partial charge in [0.15, 0.2) is 0 Å². The van der Waals surface area contributed by atoms with Gasteiger partial charge >= 0.3 is 0 Å². The second-order valence-electron chi connectivity index (χ2n) is 5.73. The van der Waals surface area contributed by atoms with Crippen LogP contribution in [0.4, 0.5) is 4.39 Å². The molecular weight excluding hydrogens is 227 g/mol. The molecule has 0 saturated carbocycles. The average molecular weight is 260 g/mol. The molecule has 1 N–H and O–H groups in total. The van der Waals surface area contributed by atoms with E-state index in [1.807, 2.05) is 7.05 Å². The third kappa shape index (κ3) is 7.32. The van der Waals surface area contributed by atoms with Crippen LogP contribution >= 0.6 is 0 Å². The number of likely N-dealkylation sites (N-methyl/N-ethyl adjacent to an activating group) is 2. The second-order valence-corrected chi connectivity index (χ2v) is 5.73. The number of halogens is 1. The molecule has 0 saturated heterocycles. The van der Waals surface area contributed by atoms with Crippen LogP contribution in [-0.4, -0.2) is 44.3 Å². The number of nitrogens with zero attached hydrogens (tertiary/aromatic N) is 1. The van der Waals surface area contributed by atoms with E-state index in [0.717, 1.165) is 45.3 Å². The molecule has 0 bridgehead atoms. The molecule has 0 rings (SSSR count). The van der Waals surface area contributed by atoms with Crippen LogP contribution in [0.15, 0.2) is 0 Å². The number of alkyl halides is 1. The van der Waals surface area contributed by atoms with E-state index < -0.39 is 5.67 Å². The highest BCUT2D eigenvalue weighted by Crippen LogP contribution is 2.31. The third-order valence-electron chi connectivity index (χ3n) is 3.77. The van der Waals surface area contributed by atoms with Crippen molar-refractivity contribution in [2.24, 2.45) is 5.92 Å². The molecule has 0 aromatic heterocycles. The highest BCUT2D eigenvalue weighted by Gasteiger charge is 2.33. The van der Waals surface area contributed by atoms with Crippen LogP contribution in [0.1, 0.15) is 52.9 Å². The van der Waals surface area contributed by atoms with E-state index in [1.165, 1.54) is 0 Å². The van der Waals surface area contributed by atoms with Crippen LogP contribution in [0.2, 0.25) is 0 Å². The van der Waals surface area contributed by atoms with Crippen LogP contribution in [0.25, 0.3) is 0 Å². The first-order valence-electron chi connectivity index (χ1n) is 7.50. The standard InChI is InChI=1S/C15H33FN2/c1-6-8-9-14(15(3,16)10-7-2)13-18(5)12-11-17-4/h14,17H,6-13H2,1-5H3. The molecule has 110 valence electrons. The summed E-state index contributed by atoms with van der Waals surface area (Å²) in [4.78, 5) is 2.25. The van der Waals surface area contributed by atoms with Gasteiger partial charge in [-0.05, 0) is 33.9 Å². The topological polar surface area (TPSA) is 15.3 Å². The minimum Gasteiger partial charge on any atom is -0.318 e. The molecule has 0 aliphatic carbocycles. The fraction of sp³-hybridized carbons (Fsp3) is 1.00. The predicted octanol–water partition coefficient (Wildman–Crippen LogP) is 3.47. The zero-order valence-corrected chi connectivity index (χ0v) is 13.1. The Bertz CT molecular complexity index is 195. The predicted molar refractivity (Wildman–Crippen MR) is 78.9 cm³/mol. The number of rotatable bonds is 11. The van der Waals surface area contributed by atoms with Crippen LogP contribution in [-0.2, 0) is 0 Å². The number of hydrogen-bond donors (Lipinski definition) is 1. The highest BCUT2D eigenvalue weighted by molar-refractivity contribution is 4.84. The van der Waals surface area contributed by atoms with Crippen LogP contribution in [0.5, 0.6) is 0 Å². The van der Waals surface area contributed by atoms with Gasteiger partial charge in [-0.25, -0.2) is 4.39 Å². The smallest absolute Gasteiger partial charge is 0.112 e. The van der Waals surface area contributed by atoms with E-state index in [1.54, 1.807) is 6.92 Å². The summed E-state index contributed by atoms with van der Waals surface area (Å²) in [5.41, 5.74) is -1.02. The minimum absolute atomic E-state index is 0.166. The molecule has 0 fully saturated rings. The van der Waals surface area contributed by atoms with E-state index in [0.29, 0.717) is 6.42 Å². The molecule has 0 aromatic carbocycles. The Hall–Kier alpha value is -0.150. The van der Waals surface area contributed by atoms with Gasteiger partial charge in [0.1, 0.15) is 5.67 Å². The zero-order chi connectivity index (χ0) is 14.0. The van der Waals surface area contributed by atoms with E-state index >= 15 is 0 Å². The minimum atomic E-state index is -1.02. The molecule has 0 radical (unpaired) electrons. The summed E-state index contributed by atoms with van der Waals surface area (Å²) in [6, 6.07) is 0. The van der Waals surface area contributed by atoms with Crippen molar-refractivity contribution in [3.8, 4) is 0 Å². The largest absolute Gasteiger partial charge is 0.318 e. The van der Waals surface area contributed by atoms with E-state index in [9.17, 15) is 4.39 Å². The molecule has 3 heteroatoms. The molecular formula is C15H33FN2. The summed E-state index contributed by atoms with van der Waals surface area (Å²) in [6.07, 6.45) is 4.90. The van der Waals surface area contributed by atoms with Crippen molar-refractivity contribution < 1.29 is 4.39 Å². The Morgan fingerprint density at radius 1 is 1.28 bits per heavy atom. The lowest BCUT2D eigenvalue weighted by atomic mass is 9.83. The maximum atomic E-state index is 14.7. The molecule has 2 nitrogen and oxygen atoms in total. The summed E-state index contributed by atoms with van der Waals surface area (Å²) in [5.74, 6) is 0.166. The van der Waals surface area contributed by atoms with Crippen molar-refractivity contribution in [3.05, 3.63) is 0 Å². The first-order chi connectivity index (χ1) is 8.47. The summed E-state index contributed by atoms with van der Waals surface area (Å²) in [5, 5.41) is 3.14. The van der Waals surface area contributed by atoms with Crippen LogP contribution in [0, 0.1) is 5.92 Å². The van der Waals surface area contributed by atoms with Crippen molar-refractivity contribution in [2.45, 2.75) is 58.5 Å². The lowest BCUT2D eigenvalue weighted by molar-refractivity contribution is 0.0598. The first-order valence-corrected chi connectivity index (χ1v) is 7.50. The molecule has 2 atom stereocenters. The second kappa shape index (κ2) is 9.74. The summed E-state index contributed by atoms with van der Waals surface area (Å²) in [6.45, 7) is 8.86. The average Bonchev–Trinajstić information content (AvgIpc) is 2.31. The van der Waals surface area contributed by atoms with E-state index in [2.05, 4.69) is 31.1 Å². The Morgan fingerprint density at radius 3 is 2.44 bits per heavy atom. The van der Waals surface area contributed by atoms with Gasteiger partial charge in [0.2, 0.25) is 0 Å². The van der Waals surface area contributed by atoms with Gasteiger partial charge in [0.05, 0.1) is 0 Å². The summed E-state index contributed by atoms with van der Waals surface area (Å²) >= 11 is 0. The molecule has 0 amide bonds. The SMILES string of the molecule is CCCCC(CN(C)CCNC)C(C)(F)CCC. The molecule has 0 aliphatic heterocycles. The van der Waals surface area contributed by atoms with Gasteiger partial charge < -0.3 is 10.2 Å². The number of unbranched alkanes of at least 4 members (excludes halogenated alkanes) is 1. The normalized spacial score (nSPS) is 16.8. The van der Waals surface area contributed by atoms with Crippen LogP contribution < -0.4 is 5.32 Å². The van der Waals surface area contributed by atoms with Crippen molar-refractivity contribution in [2.75, 3.05) is 33.7 Å². The monoisotopic (exact) mass is 260 g/mol. The van der Waals surface area contributed by atoms with Gasteiger partial charge in [-0.15, -0.1) is 0 Å². The number of nitrogens with one attached hydrogen (secondary N) is 1. The molecule has 0 aromatic rings. The molecule has 2 unspecified atom stereocenters. The maximum Gasteiger partial charge on any atom is 0.112 e. The quantitative estimate of drug-likeness (QED) is 0.612. The van der Waals surface area contributed by atoms with Crippen LogP contribution in [0.3, 0.4) is 0 Å². The molecule has 0 aliphatic rings. The third-order valence-corrected chi connectivity index (χ3v) is 3.77. The Balaban J connectivity index is 4.37. The molecule has 0 spiro atoms. The van der Waals surface area contributed by atoms with E-state index in [-0.39, 0.29) is 5.92 Å². The summed E-state index contributed by atoms with van der Waals surface area (Å²) in [7, 11) is 4.05. The van der Waals surface area contributed by atoms with Gasteiger partial charge in [0, 0.05) is 25.6 Å². The van der Waals surface area contributed by atoms with Gasteiger partial charge in [-0.3, -0.25) is 0 Å². The molecule has 18 heavy (non-hydrogen) atoms. The molecule has 0 heterocycles. The first kappa shape index (κ1) is 17.8. The Morgan fingerprint density at radius 2 is 1.94 bits per heavy atom. The van der Waals surface area contributed by atoms with Crippen molar-refractivity contribution in [3.63, 3.8) is 0 Å². The zero-order valence-electron chi connectivity index (χ0n) is 13.1. The summed E-state index contributed by atoms with van der Waals surface area (Å²) < 4.78 is 14.7. The lowest BCUT2D eigenvalue weighted by Gasteiger charge is -2.33. The van der Waals surface area contributed by atoms with Crippen molar-refractivity contribution in [1.29, 1.82) is 0 Å². The number of hydrogen-bond acceptors (Lipinski definition) is 2. The Kier molecular flexibility index (Phi) is 9.66. The van der Waals surface area contributed by atoms with Gasteiger partial charge in [-0.1, -0.05) is 33.1 Å². The maximum absolute atomic E-state index is 14.7. The van der Waals surface area contributed by atoms with Crippen molar-refractivity contribution >= 4 is 0 Å². The van der Waals surface area contributed by atoms with Crippen molar-refractivity contribution in [1.82, 2.24) is 10.2 Å². The highest BCUT2D eigenvalue weighted by atomic mass is 19.1. The van der Waals surface area contributed by atoms with Gasteiger partial charge in [0.25, 0.3) is 0 Å². The lowest BCUT2D eigenvalue weighted by Crippen LogP contribution is -2.40. The van der Waals surface area contributed by atoms with E-state index in [4.69, 9.17) is 0 Å². The van der Waals surface area contributed by atoms with Gasteiger partial charge in [-0.2, -0.15) is 0 Å². The fourth-order valence-electron chi connectivity index (χ4n) is 2.50. The Labute approximate surface area is 113 Å².